The lowest BCUT2D eigenvalue weighted by atomic mass is 10.2. The number of hydrogen-bond donors (Lipinski definition) is 1. The molecule has 2 aromatic rings. The predicted molar refractivity (Wildman–Crippen MR) is 84.4 cm³/mol. The highest BCUT2D eigenvalue weighted by molar-refractivity contribution is 9.10. The summed E-state index contributed by atoms with van der Waals surface area (Å²) in [5.74, 6) is -0.425. The Morgan fingerprint density at radius 1 is 1.30 bits per heavy atom. The van der Waals surface area contributed by atoms with E-state index >= 15 is 0 Å². The van der Waals surface area contributed by atoms with Gasteiger partial charge < -0.3 is 10.1 Å². The fraction of sp³-hybridized carbons (Fsp3) is 0.357. The maximum atomic E-state index is 11.9. The van der Waals surface area contributed by atoms with Gasteiger partial charge in [0.25, 0.3) is 5.91 Å². The molecule has 1 aromatic carbocycles. The van der Waals surface area contributed by atoms with Crippen LogP contribution in [0.4, 0.5) is 0 Å². The van der Waals surface area contributed by atoms with E-state index in [2.05, 4.69) is 36.8 Å². The smallest absolute Gasteiger partial charge is 0.325 e. The van der Waals surface area contributed by atoms with Crippen molar-refractivity contribution >= 4 is 27.8 Å². The van der Waals surface area contributed by atoms with Crippen molar-refractivity contribution in [1.29, 1.82) is 0 Å². The normalized spacial score (nSPS) is 10.3. The number of hydrogen-bond acceptors (Lipinski definition) is 6. The zero-order chi connectivity index (χ0) is 16.7. The number of aryl methyl sites for hydroxylation is 1. The van der Waals surface area contributed by atoms with Crippen molar-refractivity contribution in [3.8, 4) is 0 Å². The lowest BCUT2D eigenvalue weighted by Gasteiger charge is -2.07. The average molecular weight is 382 g/mol. The van der Waals surface area contributed by atoms with Gasteiger partial charge in [0, 0.05) is 16.6 Å². The zero-order valence-corrected chi connectivity index (χ0v) is 14.1. The number of esters is 1. The fourth-order valence-corrected chi connectivity index (χ4v) is 2.03. The van der Waals surface area contributed by atoms with E-state index in [4.69, 9.17) is 4.74 Å². The highest BCUT2D eigenvalue weighted by atomic mass is 79.9. The third-order valence-corrected chi connectivity index (χ3v) is 3.43. The highest BCUT2D eigenvalue weighted by Gasteiger charge is 2.11. The van der Waals surface area contributed by atoms with Crippen LogP contribution in [0.25, 0.3) is 0 Å². The topological polar surface area (TPSA) is 99.0 Å². The average Bonchev–Trinajstić information content (AvgIpc) is 2.99. The van der Waals surface area contributed by atoms with Crippen molar-refractivity contribution < 1.29 is 14.3 Å². The lowest BCUT2D eigenvalue weighted by molar-refractivity contribution is -0.144. The zero-order valence-electron chi connectivity index (χ0n) is 12.5. The Morgan fingerprint density at radius 3 is 2.74 bits per heavy atom. The second-order valence-electron chi connectivity index (χ2n) is 4.67. The Balaban J connectivity index is 1.77. The van der Waals surface area contributed by atoms with E-state index in [-0.39, 0.29) is 19.1 Å². The summed E-state index contributed by atoms with van der Waals surface area (Å²) in [7, 11) is 0. The molecule has 1 amide bonds. The maximum absolute atomic E-state index is 11.9. The van der Waals surface area contributed by atoms with Gasteiger partial charge >= 0.3 is 5.97 Å². The molecule has 0 spiro atoms. The number of amides is 1. The Hall–Kier alpha value is -2.29. The predicted octanol–water partition coefficient (Wildman–Crippen LogP) is 1.32. The molecular formula is C14H16BrN5O3. The minimum Gasteiger partial charge on any atom is -0.456 e. The van der Waals surface area contributed by atoms with E-state index in [0.29, 0.717) is 17.9 Å². The summed E-state index contributed by atoms with van der Waals surface area (Å²) in [6.45, 7) is 2.40. The van der Waals surface area contributed by atoms with Crippen LogP contribution >= 0.6 is 15.9 Å². The highest BCUT2D eigenvalue weighted by Crippen LogP contribution is 2.10. The van der Waals surface area contributed by atoms with Gasteiger partial charge in [-0.2, -0.15) is 0 Å². The van der Waals surface area contributed by atoms with Crippen molar-refractivity contribution in [3.05, 3.63) is 40.1 Å². The second kappa shape index (κ2) is 8.37. The van der Waals surface area contributed by atoms with Crippen molar-refractivity contribution in [2.45, 2.75) is 26.5 Å². The Kier molecular flexibility index (Phi) is 6.21. The van der Waals surface area contributed by atoms with Crippen LogP contribution < -0.4 is 5.32 Å². The number of carbonyl (C=O) groups excluding carboxylic acids is 2. The van der Waals surface area contributed by atoms with Gasteiger partial charge in [-0.1, -0.05) is 22.9 Å². The lowest BCUT2D eigenvalue weighted by Crippen LogP contribution is -2.30. The van der Waals surface area contributed by atoms with Crippen LogP contribution in [0.3, 0.4) is 0 Å². The van der Waals surface area contributed by atoms with Crippen LogP contribution in [0.5, 0.6) is 0 Å². The van der Waals surface area contributed by atoms with Crippen LogP contribution in [-0.4, -0.2) is 38.6 Å². The fourth-order valence-electron chi connectivity index (χ4n) is 1.76. The minimum atomic E-state index is -0.554. The number of nitrogens with one attached hydrogen (secondary N) is 1. The van der Waals surface area contributed by atoms with Gasteiger partial charge in [0.1, 0.15) is 6.54 Å². The number of benzene rings is 1. The number of nitrogens with zero attached hydrogens (tertiary/aromatic N) is 4. The van der Waals surface area contributed by atoms with Gasteiger partial charge in [-0.3, -0.25) is 9.59 Å². The summed E-state index contributed by atoms with van der Waals surface area (Å²) in [4.78, 5) is 23.5. The Bertz CT molecular complexity index is 671. The molecule has 0 radical (unpaired) electrons. The summed E-state index contributed by atoms with van der Waals surface area (Å²) < 4.78 is 7.50. The van der Waals surface area contributed by atoms with Gasteiger partial charge in [0.05, 0.1) is 0 Å². The number of aromatic nitrogens is 4. The quantitative estimate of drug-likeness (QED) is 0.726. The van der Waals surface area contributed by atoms with Crippen molar-refractivity contribution in [2.24, 2.45) is 0 Å². The van der Waals surface area contributed by atoms with E-state index in [1.165, 1.54) is 0 Å². The van der Waals surface area contributed by atoms with E-state index < -0.39 is 5.97 Å². The molecule has 2 rings (SSSR count). The number of ether oxygens (including phenoxy) is 1. The van der Waals surface area contributed by atoms with Crippen molar-refractivity contribution in [3.63, 3.8) is 0 Å². The number of tetrazole rings is 1. The summed E-state index contributed by atoms with van der Waals surface area (Å²) in [5, 5.41) is 13.6. The molecule has 0 aliphatic carbocycles. The van der Waals surface area contributed by atoms with Crippen molar-refractivity contribution in [2.75, 3.05) is 6.54 Å². The van der Waals surface area contributed by atoms with Crippen LogP contribution in [0.15, 0.2) is 28.7 Å². The van der Waals surface area contributed by atoms with Crippen LogP contribution in [-0.2, 0) is 22.7 Å². The van der Waals surface area contributed by atoms with Gasteiger partial charge in [0.15, 0.2) is 12.4 Å². The first kappa shape index (κ1) is 17.1. The molecule has 0 bridgehead atoms. The third-order valence-electron chi connectivity index (χ3n) is 2.90. The molecular weight excluding hydrogens is 366 g/mol. The molecule has 1 N–H and O–H groups in total. The second-order valence-corrected chi connectivity index (χ2v) is 5.58. The number of halogens is 1. The molecule has 0 saturated heterocycles. The molecule has 23 heavy (non-hydrogen) atoms. The van der Waals surface area contributed by atoms with Crippen LogP contribution in [0, 0.1) is 0 Å². The molecule has 122 valence electrons. The maximum Gasteiger partial charge on any atom is 0.325 e. The monoisotopic (exact) mass is 381 g/mol. The number of carbonyl (C=O) groups is 2. The molecule has 0 aliphatic heterocycles. The minimum absolute atomic E-state index is 0.0278. The molecule has 1 aromatic heterocycles. The molecule has 0 saturated carbocycles. The SMILES string of the molecule is CCCn1nnnc1COC(=O)CNC(=O)c1ccc(Br)cc1. The van der Waals surface area contributed by atoms with Crippen LogP contribution in [0.2, 0.25) is 0 Å². The van der Waals surface area contributed by atoms with Crippen LogP contribution in [0.1, 0.15) is 29.5 Å². The Labute approximate surface area is 141 Å². The molecule has 0 aliphatic rings. The van der Waals surface area contributed by atoms with E-state index in [9.17, 15) is 9.59 Å². The largest absolute Gasteiger partial charge is 0.456 e. The van der Waals surface area contributed by atoms with Gasteiger partial charge in [-0.25, -0.2) is 4.68 Å². The molecule has 9 heteroatoms. The van der Waals surface area contributed by atoms with E-state index in [1.54, 1.807) is 28.9 Å². The van der Waals surface area contributed by atoms with Crippen molar-refractivity contribution in [1.82, 2.24) is 25.5 Å². The molecule has 8 nitrogen and oxygen atoms in total. The standard InChI is InChI=1S/C14H16BrN5O3/c1-2-7-20-12(17-18-19-20)9-23-13(21)8-16-14(22)10-3-5-11(15)6-4-10/h3-6H,2,7-9H2,1H3,(H,16,22). The first-order valence-electron chi connectivity index (χ1n) is 7.04. The first-order chi connectivity index (χ1) is 11.1. The van der Waals surface area contributed by atoms with Gasteiger partial charge in [-0.15, -0.1) is 5.10 Å². The summed E-state index contributed by atoms with van der Waals surface area (Å²) in [5.41, 5.74) is 0.466. The van der Waals surface area contributed by atoms with E-state index in [1.807, 2.05) is 6.92 Å². The molecule has 0 atom stereocenters. The molecule has 0 fully saturated rings. The first-order valence-corrected chi connectivity index (χ1v) is 7.84. The Morgan fingerprint density at radius 2 is 2.04 bits per heavy atom. The van der Waals surface area contributed by atoms with E-state index in [0.717, 1.165) is 10.9 Å². The summed E-state index contributed by atoms with van der Waals surface area (Å²) >= 11 is 3.29. The van der Waals surface area contributed by atoms with Gasteiger partial charge in [-0.05, 0) is 41.1 Å². The molecule has 1 heterocycles. The third kappa shape index (κ3) is 5.13. The van der Waals surface area contributed by atoms with Gasteiger partial charge in [0.2, 0.25) is 0 Å². The summed E-state index contributed by atoms with van der Waals surface area (Å²) in [6.07, 6.45) is 0.870. The molecule has 0 unspecified atom stereocenters. The summed E-state index contributed by atoms with van der Waals surface area (Å²) in [6, 6.07) is 6.81. The number of rotatable bonds is 7.